The van der Waals surface area contributed by atoms with Gasteiger partial charge in [-0.05, 0) is 66.6 Å². The van der Waals surface area contributed by atoms with Crippen LogP contribution in [0.4, 0.5) is 4.39 Å². The number of halogens is 3. The van der Waals surface area contributed by atoms with Gasteiger partial charge in [-0.3, -0.25) is 0 Å². The molecular weight excluding hydrogens is 610 g/mol. The van der Waals surface area contributed by atoms with Gasteiger partial charge in [-0.15, -0.1) is 0 Å². The predicted octanol–water partition coefficient (Wildman–Crippen LogP) is 7.31. The summed E-state index contributed by atoms with van der Waals surface area (Å²) in [6.45, 7) is 2.01. The maximum atomic E-state index is 13.3. The SMILES string of the molecule is CCOc1cc(C2C(C#N)=C(N)Oc3cc(OC(=O)COc4ccc(Cl)cc4Cl)ccc32)ccc1OCc1ccc(F)cc1. The second-order valence-corrected chi connectivity index (χ2v) is 10.4. The smallest absolute Gasteiger partial charge is 0.349 e. The Bertz CT molecular complexity index is 1770. The molecule has 1 aliphatic rings. The number of allylic oxidation sites excluding steroid dienone is 1. The lowest BCUT2D eigenvalue weighted by Crippen LogP contribution is -2.22. The summed E-state index contributed by atoms with van der Waals surface area (Å²) in [4.78, 5) is 12.5. The lowest BCUT2D eigenvalue weighted by molar-refractivity contribution is -0.136. The molecule has 0 amide bonds. The average molecular weight is 635 g/mol. The van der Waals surface area contributed by atoms with E-state index in [1.54, 1.807) is 54.6 Å². The van der Waals surface area contributed by atoms with Gasteiger partial charge in [0.25, 0.3) is 0 Å². The van der Waals surface area contributed by atoms with Crippen LogP contribution in [0.25, 0.3) is 0 Å². The Morgan fingerprint density at radius 1 is 0.955 bits per heavy atom. The van der Waals surface area contributed by atoms with Gasteiger partial charge in [0.2, 0.25) is 5.88 Å². The van der Waals surface area contributed by atoms with Crippen molar-refractivity contribution in [2.45, 2.75) is 19.4 Å². The van der Waals surface area contributed by atoms with Crippen molar-refractivity contribution in [2.24, 2.45) is 5.73 Å². The van der Waals surface area contributed by atoms with Gasteiger partial charge < -0.3 is 29.4 Å². The second kappa shape index (κ2) is 13.6. The Labute approximate surface area is 262 Å². The van der Waals surface area contributed by atoms with Crippen LogP contribution < -0.4 is 29.4 Å². The highest BCUT2D eigenvalue weighted by Gasteiger charge is 2.32. The number of benzene rings is 4. The number of hydrogen-bond acceptors (Lipinski definition) is 8. The summed E-state index contributed by atoms with van der Waals surface area (Å²) in [5.74, 6) is 0.0304. The molecular formula is C33H25Cl2FN2O6. The molecule has 2 N–H and O–H groups in total. The zero-order valence-electron chi connectivity index (χ0n) is 23.3. The van der Waals surface area contributed by atoms with Crippen molar-refractivity contribution in [3.05, 3.63) is 123 Å². The van der Waals surface area contributed by atoms with E-state index >= 15 is 0 Å². The molecule has 4 aromatic rings. The molecule has 1 atom stereocenters. The van der Waals surface area contributed by atoms with Crippen LogP contribution >= 0.6 is 23.2 Å². The molecule has 1 unspecified atom stereocenters. The third kappa shape index (κ3) is 7.00. The third-order valence-corrected chi connectivity index (χ3v) is 7.10. The topological polar surface area (TPSA) is 113 Å². The van der Waals surface area contributed by atoms with Crippen molar-refractivity contribution >= 4 is 29.2 Å². The fraction of sp³-hybridized carbons (Fsp3) is 0.152. The van der Waals surface area contributed by atoms with Gasteiger partial charge in [0.1, 0.15) is 41.3 Å². The number of ether oxygens (including phenoxy) is 5. The first-order valence-electron chi connectivity index (χ1n) is 13.4. The highest BCUT2D eigenvalue weighted by molar-refractivity contribution is 6.35. The summed E-state index contributed by atoms with van der Waals surface area (Å²) in [5.41, 5.74) is 8.49. The largest absolute Gasteiger partial charge is 0.490 e. The molecule has 1 aliphatic heterocycles. The molecule has 11 heteroatoms. The van der Waals surface area contributed by atoms with Crippen molar-refractivity contribution in [2.75, 3.05) is 13.2 Å². The van der Waals surface area contributed by atoms with E-state index in [2.05, 4.69) is 6.07 Å². The summed E-state index contributed by atoms with van der Waals surface area (Å²) >= 11 is 12.0. The van der Waals surface area contributed by atoms with E-state index in [1.807, 2.05) is 6.92 Å². The Balaban J connectivity index is 1.36. The van der Waals surface area contributed by atoms with Crippen molar-refractivity contribution in [3.63, 3.8) is 0 Å². The van der Waals surface area contributed by atoms with Gasteiger partial charge in [0.15, 0.2) is 18.1 Å². The summed E-state index contributed by atoms with van der Waals surface area (Å²) in [5, 5.41) is 10.7. The minimum absolute atomic E-state index is 0.0798. The molecule has 0 aliphatic carbocycles. The fourth-order valence-electron chi connectivity index (χ4n) is 4.57. The molecule has 224 valence electrons. The molecule has 0 radical (unpaired) electrons. The fourth-order valence-corrected chi connectivity index (χ4v) is 5.03. The van der Waals surface area contributed by atoms with Crippen LogP contribution in [-0.2, 0) is 11.4 Å². The zero-order valence-corrected chi connectivity index (χ0v) is 24.8. The van der Waals surface area contributed by atoms with E-state index < -0.39 is 18.5 Å². The summed E-state index contributed by atoms with van der Waals surface area (Å²) in [7, 11) is 0. The first kappa shape index (κ1) is 30.5. The third-order valence-electron chi connectivity index (χ3n) is 6.57. The van der Waals surface area contributed by atoms with E-state index in [0.717, 1.165) is 5.56 Å². The molecule has 1 heterocycles. The zero-order chi connectivity index (χ0) is 31.2. The first-order valence-corrected chi connectivity index (χ1v) is 14.1. The minimum atomic E-state index is -0.679. The number of hydrogen-bond donors (Lipinski definition) is 1. The first-order chi connectivity index (χ1) is 21.2. The van der Waals surface area contributed by atoms with Gasteiger partial charge >= 0.3 is 5.97 Å². The molecule has 0 bridgehead atoms. The normalized spacial score (nSPS) is 13.8. The highest BCUT2D eigenvalue weighted by Crippen LogP contribution is 2.45. The Morgan fingerprint density at radius 2 is 1.73 bits per heavy atom. The van der Waals surface area contributed by atoms with Gasteiger partial charge in [0.05, 0.1) is 17.5 Å². The van der Waals surface area contributed by atoms with Gasteiger partial charge in [-0.25, -0.2) is 9.18 Å². The number of fused-ring (bicyclic) bond motifs is 1. The minimum Gasteiger partial charge on any atom is -0.490 e. The summed E-state index contributed by atoms with van der Waals surface area (Å²) in [6.07, 6.45) is 0. The average Bonchev–Trinajstić information content (AvgIpc) is 3.00. The summed E-state index contributed by atoms with van der Waals surface area (Å²) < 4.78 is 41.8. The van der Waals surface area contributed by atoms with Crippen LogP contribution in [0.2, 0.25) is 10.0 Å². The number of carbonyl (C=O) groups is 1. The predicted molar refractivity (Wildman–Crippen MR) is 162 cm³/mol. The van der Waals surface area contributed by atoms with E-state index in [0.29, 0.717) is 40.0 Å². The standard InChI is InChI=1S/C33H25Cl2FN2O6/c1-2-40-30-13-20(5-11-28(30)41-17-19-3-7-22(36)8-4-19)32-24-10-9-23(15-29(24)44-33(38)25(32)16-37)43-31(39)18-42-27-12-6-21(34)14-26(27)35/h3-15,32H,2,17-18,38H2,1H3. The highest BCUT2D eigenvalue weighted by atomic mass is 35.5. The Kier molecular flexibility index (Phi) is 9.44. The number of carbonyl (C=O) groups excluding carboxylic acids is 1. The molecule has 0 aromatic heterocycles. The molecule has 0 spiro atoms. The van der Waals surface area contributed by atoms with Gasteiger partial charge in [0, 0.05) is 16.7 Å². The van der Waals surface area contributed by atoms with E-state index in [1.165, 1.54) is 24.3 Å². The molecule has 5 rings (SSSR count). The number of esters is 1. The number of nitriles is 1. The quantitative estimate of drug-likeness (QED) is 0.143. The number of nitrogens with zero attached hydrogens (tertiary/aromatic N) is 1. The van der Waals surface area contributed by atoms with Crippen molar-refractivity contribution in [1.29, 1.82) is 5.26 Å². The van der Waals surface area contributed by atoms with Crippen molar-refractivity contribution < 1.29 is 32.9 Å². The molecule has 0 fully saturated rings. The van der Waals surface area contributed by atoms with Crippen LogP contribution in [0.5, 0.6) is 28.7 Å². The molecule has 4 aromatic carbocycles. The van der Waals surface area contributed by atoms with E-state index in [4.69, 9.17) is 52.6 Å². The van der Waals surface area contributed by atoms with Crippen molar-refractivity contribution in [1.82, 2.24) is 0 Å². The van der Waals surface area contributed by atoms with Gasteiger partial charge in [-0.2, -0.15) is 5.26 Å². The Morgan fingerprint density at radius 3 is 2.45 bits per heavy atom. The lowest BCUT2D eigenvalue weighted by Gasteiger charge is -2.27. The number of nitrogens with two attached hydrogens (primary N) is 1. The molecule has 0 saturated carbocycles. The maximum absolute atomic E-state index is 13.3. The van der Waals surface area contributed by atoms with Gasteiger partial charge in [-0.1, -0.05) is 47.5 Å². The number of rotatable bonds is 10. The van der Waals surface area contributed by atoms with E-state index in [-0.39, 0.29) is 40.4 Å². The second-order valence-electron chi connectivity index (χ2n) is 9.52. The van der Waals surface area contributed by atoms with Crippen LogP contribution in [0.15, 0.2) is 90.3 Å². The molecule has 8 nitrogen and oxygen atoms in total. The molecule has 0 saturated heterocycles. The Hall–Kier alpha value is -4.91. The van der Waals surface area contributed by atoms with Crippen molar-refractivity contribution in [3.8, 4) is 34.8 Å². The monoisotopic (exact) mass is 634 g/mol. The van der Waals surface area contributed by atoms with E-state index in [9.17, 15) is 14.4 Å². The van der Waals surface area contributed by atoms with Crippen LogP contribution in [0, 0.1) is 17.1 Å². The maximum Gasteiger partial charge on any atom is 0.349 e. The van der Waals surface area contributed by atoms with Crippen LogP contribution in [-0.4, -0.2) is 19.2 Å². The summed E-state index contributed by atoms with van der Waals surface area (Å²) in [6, 6.07) is 22.9. The lowest BCUT2D eigenvalue weighted by atomic mass is 9.83. The van der Waals surface area contributed by atoms with Crippen LogP contribution in [0.3, 0.4) is 0 Å². The molecule has 44 heavy (non-hydrogen) atoms. The van der Waals surface area contributed by atoms with Crippen LogP contribution in [0.1, 0.15) is 29.5 Å².